The van der Waals surface area contributed by atoms with Gasteiger partial charge in [-0.15, -0.1) is 0 Å². The Labute approximate surface area is 140 Å². The Hall–Kier alpha value is -1.41. The van der Waals surface area contributed by atoms with Crippen LogP contribution >= 0.6 is 15.9 Å². The Morgan fingerprint density at radius 3 is 2.52 bits per heavy atom. The molecular formula is C15H16BrF3N2O2. The fourth-order valence-electron chi connectivity index (χ4n) is 2.22. The molecule has 1 aromatic heterocycles. The second kappa shape index (κ2) is 6.24. The number of dihydropyridines is 1. The number of nitrogens with zero attached hydrogens (tertiary/aromatic N) is 2. The van der Waals surface area contributed by atoms with Crippen LogP contribution in [0.25, 0.3) is 0 Å². The molecule has 2 heterocycles. The normalized spacial score (nSPS) is 24.5. The van der Waals surface area contributed by atoms with Gasteiger partial charge >= 0.3 is 6.18 Å². The van der Waals surface area contributed by atoms with Gasteiger partial charge in [0.05, 0.1) is 10.0 Å². The van der Waals surface area contributed by atoms with Gasteiger partial charge in [-0.1, -0.05) is 0 Å². The molecule has 2 rings (SSSR count). The third kappa shape index (κ3) is 3.58. The number of allylic oxidation sites excluding steroid dienone is 1. The minimum absolute atomic E-state index is 0.0135. The van der Waals surface area contributed by atoms with Crippen LogP contribution in [0.2, 0.25) is 0 Å². The molecule has 2 unspecified atom stereocenters. The number of pyridine rings is 1. The van der Waals surface area contributed by atoms with Crippen molar-refractivity contribution < 1.29 is 22.6 Å². The van der Waals surface area contributed by atoms with Gasteiger partial charge in [0, 0.05) is 19.0 Å². The van der Waals surface area contributed by atoms with Crippen LogP contribution in [-0.4, -0.2) is 29.6 Å². The number of ether oxygens (including phenoxy) is 2. The first-order valence-corrected chi connectivity index (χ1v) is 7.55. The van der Waals surface area contributed by atoms with Gasteiger partial charge in [-0.25, -0.2) is 4.98 Å². The standard InChI is InChI=1S/C15H16BrF3N2O2/c1-8-5-6-14(3,13(21-8)22-4)23-12-11(16)9(2)10(7-20-12)15(17,18)19/h5-7,13H,1-4H3. The number of methoxy groups -OCH3 is 1. The Bertz CT molecular complexity index is 673. The van der Waals surface area contributed by atoms with E-state index in [0.717, 1.165) is 11.9 Å². The van der Waals surface area contributed by atoms with E-state index in [-0.39, 0.29) is 15.9 Å². The Morgan fingerprint density at radius 1 is 1.30 bits per heavy atom. The van der Waals surface area contributed by atoms with Gasteiger partial charge in [-0.05, 0) is 54.4 Å². The van der Waals surface area contributed by atoms with E-state index in [1.54, 1.807) is 19.1 Å². The molecule has 1 aliphatic heterocycles. The number of alkyl halides is 3. The zero-order chi connectivity index (χ0) is 17.4. The molecule has 126 valence electrons. The molecule has 0 saturated heterocycles. The number of aromatic nitrogens is 1. The van der Waals surface area contributed by atoms with Gasteiger partial charge in [-0.3, -0.25) is 4.99 Å². The lowest BCUT2D eigenvalue weighted by atomic mass is 10.0. The van der Waals surface area contributed by atoms with E-state index in [9.17, 15) is 13.2 Å². The van der Waals surface area contributed by atoms with Gasteiger partial charge in [0.1, 0.15) is 0 Å². The molecule has 0 amide bonds. The average Bonchev–Trinajstić information content (AvgIpc) is 2.45. The van der Waals surface area contributed by atoms with E-state index in [1.807, 2.05) is 6.92 Å². The molecule has 1 aliphatic rings. The molecule has 1 aromatic rings. The summed E-state index contributed by atoms with van der Waals surface area (Å²) in [5, 5.41) is 0. The van der Waals surface area contributed by atoms with Gasteiger partial charge < -0.3 is 9.47 Å². The molecular weight excluding hydrogens is 377 g/mol. The van der Waals surface area contributed by atoms with Crippen LogP contribution in [0.1, 0.15) is 25.0 Å². The Kier molecular flexibility index (Phi) is 4.86. The highest BCUT2D eigenvalue weighted by atomic mass is 79.9. The van der Waals surface area contributed by atoms with Crippen LogP contribution < -0.4 is 4.74 Å². The van der Waals surface area contributed by atoms with Crippen molar-refractivity contribution in [3.8, 4) is 5.88 Å². The third-order valence-electron chi connectivity index (χ3n) is 3.54. The maximum atomic E-state index is 12.9. The molecule has 0 spiro atoms. The topological polar surface area (TPSA) is 43.7 Å². The van der Waals surface area contributed by atoms with Crippen molar-refractivity contribution in [2.24, 2.45) is 4.99 Å². The summed E-state index contributed by atoms with van der Waals surface area (Å²) in [7, 11) is 1.49. The van der Waals surface area contributed by atoms with Crippen molar-refractivity contribution in [1.82, 2.24) is 4.98 Å². The smallest absolute Gasteiger partial charge is 0.418 e. The molecule has 8 heteroatoms. The SMILES string of the molecule is COC1N=C(C)C=CC1(C)Oc1ncc(C(F)(F)F)c(C)c1Br. The highest BCUT2D eigenvalue weighted by Crippen LogP contribution is 2.39. The monoisotopic (exact) mass is 392 g/mol. The summed E-state index contributed by atoms with van der Waals surface area (Å²) in [5.41, 5.74) is -0.998. The number of halogens is 4. The summed E-state index contributed by atoms with van der Waals surface area (Å²) < 4.78 is 50.0. The second-order valence-electron chi connectivity index (χ2n) is 5.39. The van der Waals surface area contributed by atoms with Crippen molar-refractivity contribution in [3.05, 3.63) is 33.9 Å². The quantitative estimate of drug-likeness (QED) is 0.769. The Morgan fingerprint density at radius 2 is 1.96 bits per heavy atom. The van der Waals surface area contributed by atoms with E-state index in [0.29, 0.717) is 0 Å². The minimum Gasteiger partial charge on any atom is -0.461 e. The van der Waals surface area contributed by atoms with Crippen molar-refractivity contribution in [3.63, 3.8) is 0 Å². The molecule has 0 aromatic carbocycles. The van der Waals surface area contributed by atoms with E-state index < -0.39 is 23.6 Å². The first-order chi connectivity index (χ1) is 10.6. The molecule has 4 nitrogen and oxygen atoms in total. The summed E-state index contributed by atoms with van der Waals surface area (Å²) in [6.07, 6.45) is -0.806. The second-order valence-corrected chi connectivity index (χ2v) is 6.18. The predicted octanol–water partition coefficient (Wildman–Crippen LogP) is 4.31. The molecule has 23 heavy (non-hydrogen) atoms. The first kappa shape index (κ1) is 17.9. The van der Waals surface area contributed by atoms with E-state index in [1.165, 1.54) is 14.0 Å². The number of aliphatic imine (C=N–C) groups is 1. The number of hydrogen-bond acceptors (Lipinski definition) is 4. The van der Waals surface area contributed by atoms with E-state index in [2.05, 4.69) is 25.9 Å². The molecule has 0 radical (unpaired) electrons. The van der Waals surface area contributed by atoms with Gasteiger partial charge in [-0.2, -0.15) is 13.2 Å². The lowest BCUT2D eigenvalue weighted by Crippen LogP contribution is -2.45. The average molecular weight is 393 g/mol. The van der Waals surface area contributed by atoms with Crippen molar-refractivity contribution in [2.75, 3.05) is 7.11 Å². The van der Waals surface area contributed by atoms with Gasteiger partial charge in [0.15, 0.2) is 11.8 Å². The van der Waals surface area contributed by atoms with Gasteiger partial charge in [0.2, 0.25) is 5.88 Å². The maximum Gasteiger partial charge on any atom is 0.418 e. The fourth-order valence-corrected chi connectivity index (χ4v) is 2.61. The molecule has 0 bridgehead atoms. The summed E-state index contributed by atoms with van der Waals surface area (Å²) >= 11 is 3.14. The van der Waals surface area contributed by atoms with Crippen LogP contribution in [0.15, 0.2) is 27.8 Å². The predicted molar refractivity (Wildman–Crippen MR) is 83.8 cm³/mol. The van der Waals surface area contributed by atoms with E-state index in [4.69, 9.17) is 9.47 Å². The highest BCUT2D eigenvalue weighted by molar-refractivity contribution is 9.10. The summed E-state index contributed by atoms with van der Waals surface area (Å²) in [6, 6.07) is 0. The van der Waals surface area contributed by atoms with Crippen LogP contribution in [0.4, 0.5) is 13.2 Å². The van der Waals surface area contributed by atoms with Crippen LogP contribution in [0.5, 0.6) is 5.88 Å². The minimum atomic E-state index is -4.47. The molecule has 0 N–H and O–H groups in total. The fraction of sp³-hybridized carbons (Fsp3) is 0.467. The zero-order valence-corrected chi connectivity index (χ0v) is 14.6. The Balaban J connectivity index is 2.38. The maximum absolute atomic E-state index is 12.9. The zero-order valence-electron chi connectivity index (χ0n) is 13.0. The number of hydrogen-bond donors (Lipinski definition) is 0. The summed E-state index contributed by atoms with van der Waals surface area (Å²) in [6.45, 7) is 4.91. The van der Waals surface area contributed by atoms with Gasteiger partial charge in [0.25, 0.3) is 0 Å². The third-order valence-corrected chi connectivity index (χ3v) is 4.48. The molecule has 0 saturated carbocycles. The molecule has 2 atom stereocenters. The largest absolute Gasteiger partial charge is 0.461 e. The number of rotatable bonds is 3. The molecule has 0 aliphatic carbocycles. The lowest BCUT2D eigenvalue weighted by molar-refractivity contribution is -0.138. The van der Waals surface area contributed by atoms with Crippen LogP contribution in [0.3, 0.4) is 0 Å². The summed E-state index contributed by atoms with van der Waals surface area (Å²) in [4.78, 5) is 8.12. The van der Waals surface area contributed by atoms with Crippen LogP contribution in [0, 0.1) is 6.92 Å². The van der Waals surface area contributed by atoms with E-state index >= 15 is 0 Å². The first-order valence-electron chi connectivity index (χ1n) is 6.76. The highest BCUT2D eigenvalue weighted by Gasteiger charge is 2.39. The van der Waals surface area contributed by atoms with Crippen molar-refractivity contribution in [1.29, 1.82) is 0 Å². The molecule has 0 fully saturated rings. The van der Waals surface area contributed by atoms with Crippen LogP contribution in [-0.2, 0) is 10.9 Å². The van der Waals surface area contributed by atoms with Crippen molar-refractivity contribution >= 4 is 21.6 Å². The van der Waals surface area contributed by atoms with Crippen molar-refractivity contribution in [2.45, 2.75) is 38.8 Å². The lowest BCUT2D eigenvalue weighted by Gasteiger charge is -2.34. The summed E-state index contributed by atoms with van der Waals surface area (Å²) in [5.74, 6) is 0.0550.